The van der Waals surface area contributed by atoms with Crippen LogP contribution < -0.4 is 0 Å². The fourth-order valence-corrected chi connectivity index (χ4v) is 2.36. The molecule has 1 N–H and O–H groups in total. The molecule has 2 rings (SSSR count). The van der Waals surface area contributed by atoms with Crippen LogP contribution in [0, 0.1) is 0 Å². The molecule has 0 atom stereocenters. The fourth-order valence-electron chi connectivity index (χ4n) is 2.36. The van der Waals surface area contributed by atoms with Gasteiger partial charge in [-0.05, 0) is 26.0 Å². The minimum Gasteiger partial charge on any atom is -0.395 e. The minimum atomic E-state index is 0.208. The highest BCUT2D eigenvalue weighted by atomic mass is 16.3. The van der Waals surface area contributed by atoms with Crippen LogP contribution in [-0.4, -0.2) is 40.0 Å². The average molecular weight is 223 g/mol. The molecule has 4 heteroatoms. The van der Waals surface area contributed by atoms with Crippen LogP contribution >= 0.6 is 0 Å². The summed E-state index contributed by atoms with van der Waals surface area (Å²) in [6.07, 6.45) is 7.31. The first-order chi connectivity index (χ1) is 7.79. The quantitative estimate of drug-likeness (QED) is 0.821. The molecule has 1 aliphatic carbocycles. The Balaban J connectivity index is 1.91. The summed E-state index contributed by atoms with van der Waals surface area (Å²) in [6, 6.07) is 2.71. The Morgan fingerprint density at radius 2 is 2.25 bits per heavy atom. The van der Waals surface area contributed by atoms with Crippen molar-refractivity contribution in [3.8, 4) is 0 Å². The van der Waals surface area contributed by atoms with Gasteiger partial charge in [-0.25, -0.2) is 0 Å². The van der Waals surface area contributed by atoms with Crippen LogP contribution in [0.2, 0.25) is 0 Å². The van der Waals surface area contributed by atoms with Gasteiger partial charge in [-0.3, -0.25) is 9.58 Å². The van der Waals surface area contributed by atoms with Crippen molar-refractivity contribution in [3.63, 3.8) is 0 Å². The van der Waals surface area contributed by atoms with Crippen LogP contribution in [0.3, 0.4) is 0 Å². The molecule has 1 aromatic heterocycles. The SMILES string of the molecule is CN(CCO)Cc1ccn(C2CCCC2)n1. The summed E-state index contributed by atoms with van der Waals surface area (Å²) in [5.41, 5.74) is 1.10. The lowest BCUT2D eigenvalue weighted by Gasteiger charge is -2.13. The maximum atomic E-state index is 8.83. The van der Waals surface area contributed by atoms with E-state index in [1.54, 1.807) is 0 Å². The van der Waals surface area contributed by atoms with Gasteiger partial charge in [-0.15, -0.1) is 0 Å². The predicted octanol–water partition coefficient (Wildman–Crippen LogP) is 1.42. The third kappa shape index (κ3) is 2.83. The molecule has 0 aromatic carbocycles. The molecule has 0 unspecified atom stereocenters. The molecule has 4 nitrogen and oxygen atoms in total. The summed E-state index contributed by atoms with van der Waals surface area (Å²) in [5, 5.41) is 13.4. The molecule has 1 aromatic rings. The van der Waals surface area contributed by atoms with E-state index in [2.05, 4.69) is 26.9 Å². The zero-order valence-electron chi connectivity index (χ0n) is 9.97. The van der Waals surface area contributed by atoms with Crippen LogP contribution in [0.25, 0.3) is 0 Å². The van der Waals surface area contributed by atoms with E-state index in [0.717, 1.165) is 12.2 Å². The number of hydrogen-bond donors (Lipinski definition) is 1. The zero-order chi connectivity index (χ0) is 11.4. The second kappa shape index (κ2) is 5.46. The summed E-state index contributed by atoms with van der Waals surface area (Å²) in [7, 11) is 2.00. The Bertz CT molecular complexity index is 318. The molecule has 1 fully saturated rings. The van der Waals surface area contributed by atoms with Gasteiger partial charge in [-0.2, -0.15) is 5.10 Å². The van der Waals surface area contributed by atoms with E-state index in [9.17, 15) is 0 Å². The van der Waals surface area contributed by atoms with Crippen molar-refractivity contribution in [1.82, 2.24) is 14.7 Å². The Kier molecular flexibility index (Phi) is 3.96. The molecule has 1 saturated carbocycles. The number of aliphatic hydroxyl groups is 1. The van der Waals surface area contributed by atoms with E-state index in [1.165, 1.54) is 25.7 Å². The van der Waals surface area contributed by atoms with Gasteiger partial charge >= 0.3 is 0 Å². The van der Waals surface area contributed by atoms with Crippen molar-refractivity contribution in [1.29, 1.82) is 0 Å². The first kappa shape index (κ1) is 11.6. The number of nitrogens with zero attached hydrogens (tertiary/aromatic N) is 3. The largest absolute Gasteiger partial charge is 0.395 e. The molecule has 90 valence electrons. The number of likely N-dealkylation sites (N-methyl/N-ethyl adjacent to an activating group) is 1. The van der Waals surface area contributed by atoms with Gasteiger partial charge in [0.1, 0.15) is 0 Å². The Morgan fingerprint density at radius 1 is 1.50 bits per heavy atom. The van der Waals surface area contributed by atoms with Gasteiger partial charge in [0, 0.05) is 19.3 Å². The third-order valence-corrected chi connectivity index (χ3v) is 3.28. The van der Waals surface area contributed by atoms with E-state index in [0.29, 0.717) is 12.6 Å². The van der Waals surface area contributed by atoms with E-state index in [1.807, 2.05) is 7.05 Å². The molecule has 0 bridgehead atoms. The summed E-state index contributed by atoms with van der Waals surface area (Å²) in [4.78, 5) is 2.08. The predicted molar refractivity (Wildman–Crippen MR) is 63.2 cm³/mol. The normalized spacial score (nSPS) is 17.4. The minimum absolute atomic E-state index is 0.208. The maximum Gasteiger partial charge on any atom is 0.0764 e. The molecule has 0 amide bonds. The molecule has 0 spiro atoms. The molecule has 1 heterocycles. The summed E-state index contributed by atoms with van der Waals surface area (Å²) < 4.78 is 2.12. The van der Waals surface area contributed by atoms with E-state index >= 15 is 0 Å². The number of aliphatic hydroxyl groups excluding tert-OH is 1. The van der Waals surface area contributed by atoms with Crippen molar-refractivity contribution < 1.29 is 5.11 Å². The molecular formula is C12H21N3O. The molecular weight excluding hydrogens is 202 g/mol. The Labute approximate surface area is 96.9 Å². The smallest absolute Gasteiger partial charge is 0.0764 e. The van der Waals surface area contributed by atoms with Gasteiger partial charge < -0.3 is 5.11 Å². The number of aromatic nitrogens is 2. The summed E-state index contributed by atoms with van der Waals surface area (Å²) in [5.74, 6) is 0. The maximum absolute atomic E-state index is 8.83. The van der Waals surface area contributed by atoms with Gasteiger partial charge in [-0.1, -0.05) is 12.8 Å². The lowest BCUT2D eigenvalue weighted by atomic mass is 10.3. The van der Waals surface area contributed by atoms with Crippen molar-refractivity contribution in [3.05, 3.63) is 18.0 Å². The van der Waals surface area contributed by atoms with Crippen molar-refractivity contribution in [2.24, 2.45) is 0 Å². The summed E-state index contributed by atoms with van der Waals surface area (Å²) >= 11 is 0. The molecule has 16 heavy (non-hydrogen) atoms. The second-order valence-electron chi connectivity index (χ2n) is 4.69. The monoisotopic (exact) mass is 223 g/mol. The van der Waals surface area contributed by atoms with Gasteiger partial charge in [0.25, 0.3) is 0 Å². The molecule has 0 saturated heterocycles. The first-order valence-electron chi connectivity index (χ1n) is 6.13. The van der Waals surface area contributed by atoms with Crippen molar-refractivity contribution >= 4 is 0 Å². The van der Waals surface area contributed by atoms with Crippen LogP contribution in [0.1, 0.15) is 37.4 Å². The van der Waals surface area contributed by atoms with Gasteiger partial charge in [0.05, 0.1) is 18.3 Å². The zero-order valence-corrected chi connectivity index (χ0v) is 9.97. The third-order valence-electron chi connectivity index (χ3n) is 3.28. The first-order valence-corrected chi connectivity index (χ1v) is 6.13. The lowest BCUT2D eigenvalue weighted by Crippen LogP contribution is -2.22. The standard InChI is InChI=1S/C12H21N3O/c1-14(8-9-16)10-11-6-7-15(13-11)12-4-2-3-5-12/h6-7,12,16H,2-5,8-10H2,1H3. The lowest BCUT2D eigenvalue weighted by molar-refractivity contribution is 0.215. The Hall–Kier alpha value is -0.870. The van der Waals surface area contributed by atoms with Crippen LogP contribution in [0.15, 0.2) is 12.3 Å². The molecule has 0 radical (unpaired) electrons. The van der Waals surface area contributed by atoms with Crippen LogP contribution in [0.5, 0.6) is 0 Å². The highest BCUT2D eigenvalue weighted by Crippen LogP contribution is 2.28. The number of rotatable bonds is 5. The van der Waals surface area contributed by atoms with E-state index in [-0.39, 0.29) is 6.61 Å². The van der Waals surface area contributed by atoms with Crippen molar-refractivity contribution in [2.45, 2.75) is 38.3 Å². The van der Waals surface area contributed by atoms with E-state index in [4.69, 9.17) is 5.11 Å². The molecule has 0 aliphatic heterocycles. The summed E-state index contributed by atoms with van der Waals surface area (Å²) in [6.45, 7) is 1.73. The topological polar surface area (TPSA) is 41.3 Å². The Morgan fingerprint density at radius 3 is 2.94 bits per heavy atom. The van der Waals surface area contributed by atoms with Crippen LogP contribution in [0.4, 0.5) is 0 Å². The van der Waals surface area contributed by atoms with Gasteiger partial charge in [0.2, 0.25) is 0 Å². The second-order valence-corrected chi connectivity index (χ2v) is 4.69. The highest BCUT2D eigenvalue weighted by molar-refractivity contribution is 5.00. The van der Waals surface area contributed by atoms with Crippen molar-refractivity contribution in [2.75, 3.05) is 20.2 Å². The van der Waals surface area contributed by atoms with Gasteiger partial charge in [0.15, 0.2) is 0 Å². The average Bonchev–Trinajstić information content (AvgIpc) is 2.86. The highest BCUT2D eigenvalue weighted by Gasteiger charge is 2.17. The fraction of sp³-hybridized carbons (Fsp3) is 0.750. The molecule has 1 aliphatic rings. The van der Waals surface area contributed by atoms with E-state index < -0.39 is 0 Å². The van der Waals surface area contributed by atoms with Crippen LogP contribution in [-0.2, 0) is 6.54 Å². The number of hydrogen-bond acceptors (Lipinski definition) is 3.